The van der Waals surface area contributed by atoms with Gasteiger partial charge in [-0.25, -0.2) is 0 Å². The Balaban J connectivity index is 0.00000264. The van der Waals surface area contributed by atoms with E-state index in [-0.39, 0.29) is 34.4 Å². The number of methoxy groups -OCH3 is 1. The van der Waals surface area contributed by atoms with Crippen molar-refractivity contribution < 1.29 is 34.6 Å². The molecule has 0 saturated carbocycles. The summed E-state index contributed by atoms with van der Waals surface area (Å²) in [4.78, 5) is 12.5. The first-order chi connectivity index (χ1) is 10.7. The van der Waals surface area contributed by atoms with Crippen molar-refractivity contribution in [3.8, 4) is 11.5 Å². The summed E-state index contributed by atoms with van der Waals surface area (Å²) in [7, 11) is 1.52. The maximum atomic E-state index is 12.5. The molecule has 0 aliphatic heterocycles. The molecule has 1 unspecified atom stereocenters. The van der Waals surface area contributed by atoms with Crippen molar-refractivity contribution in [3.63, 3.8) is 0 Å². The fourth-order valence-electron chi connectivity index (χ4n) is 1.94. The summed E-state index contributed by atoms with van der Waals surface area (Å²) in [5.74, 6) is 1.33. The molecule has 0 fully saturated rings. The summed E-state index contributed by atoms with van der Waals surface area (Å²) in [5, 5.41) is 1.36. The van der Waals surface area contributed by atoms with Gasteiger partial charge in [0.15, 0.2) is 5.52 Å². The minimum atomic E-state index is -0.0373. The topological polar surface area (TPSA) is 35.5 Å². The molecule has 2 aromatic carbocycles. The first kappa shape index (κ1) is 20.1. The van der Waals surface area contributed by atoms with E-state index in [1.165, 1.54) is 7.11 Å². The van der Waals surface area contributed by atoms with Crippen LogP contribution in [0.15, 0.2) is 42.5 Å². The molecule has 6 heteroatoms. The number of halogens is 1. The molecular formula is C17H19ClLiO3P. The fraction of sp³-hybridized carbons (Fsp3) is 0.235. The van der Waals surface area contributed by atoms with Gasteiger partial charge in [-0.1, -0.05) is 36.7 Å². The molecule has 3 nitrogen and oxygen atoms in total. The summed E-state index contributed by atoms with van der Waals surface area (Å²) in [6.07, 6.45) is 0.967. The first-order valence-corrected chi connectivity index (χ1v) is 8.40. The third-order valence-corrected chi connectivity index (χ3v) is 4.42. The number of hydrogen-bond acceptors (Lipinski definition) is 3. The van der Waals surface area contributed by atoms with Gasteiger partial charge in [-0.05, 0) is 44.6 Å². The van der Waals surface area contributed by atoms with Crippen LogP contribution in [0, 0.1) is 0 Å². The molecule has 0 N–H and O–H groups in total. The van der Waals surface area contributed by atoms with Crippen LogP contribution in [0.25, 0.3) is 0 Å². The first-order valence-electron chi connectivity index (χ1n) is 7.02. The second kappa shape index (κ2) is 10.0. The molecule has 0 amide bonds. The van der Waals surface area contributed by atoms with Crippen LogP contribution >= 0.6 is 20.2 Å². The largest absolute Gasteiger partial charge is 1.00 e. The Bertz CT molecular complexity index is 653. The molecule has 0 aromatic heterocycles. The number of benzene rings is 2. The van der Waals surface area contributed by atoms with Crippen molar-refractivity contribution in [3.05, 3.63) is 53.1 Å². The number of rotatable bonds is 7. The zero-order valence-corrected chi connectivity index (χ0v) is 15.3. The number of carbonyl (C=O) groups excluding carboxylic acids is 1. The molecule has 2 aromatic rings. The van der Waals surface area contributed by atoms with Crippen molar-refractivity contribution in [1.29, 1.82) is 0 Å². The van der Waals surface area contributed by atoms with Gasteiger partial charge in [-0.3, -0.25) is 4.79 Å². The SMILES string of the molecule is CCCOc1ccc(PC(=O)c2c(Cl)cccc2OC)cc1.[H-].[Li+]. The van der Waals surface area contributed by atoms with Gasteiger partial charge in [-0.15, -0.1) is 0 Å². The third-order valence-electron chi connectivity index (χ3n) is 3.01. The summed E-state index contributed by atoms with van der Waals surface area (Å²) in [6, 6.07) is 12.8. The molecule has 0 saturated heterocycles. The monoisotopic (exact) mass is 344 g/mol. The molecule has 0 heterocycles. The Kier molecular flexibility index (Phi) is 8.74. The molecule has 1 atom stereocenters. The van der Waals surface area contributed by atoms with E-state index < -0.39 is 0 Å². The number of ether oxygens (including phenoxy) is 2. The van der Waals surface area contributed by atoms with Gasteiger partial charge in [0.2, 0.25) is 0 Å². The predicted octanol–water partition coefficient (Wildman–Crippen LogP) is 1.40. The summed E-state index contributed by atoms with van der Waals surface area (Å²) in [5.41, 5.74) is 0.404. The van der Waals surface area contributed by atoms with Gasteiger partial charge >= 0.3 is 18.9 Å². The second-order valence-corrected chi connectivity index (χ2v) is 6.33. The Morgan fingerprint density at radius 1 is 1.22 bits per heavy atom. The summed E-state index contributed by atoms with van der Waals surface area (Å²) < 4.78 is 10.8. The van der Waals surface area contributed by atoms with Crippen LogP contribution < -0.4 is 33.6 Å². The Hall–Kier alpha value is -0.973. The number of hydrogen-bond donors (Lipinski definition) is 0. The minimum Gasteiger partial charge on any atom is -1.00 e. The van der Waals surface area contributed by atoms with Crippen LogP contribution in [0.5, 0.6) is 11.5 Å². The van der Waals surface area contributed by atoms with E-state index in [1.807, 2.05) is 24.3 Å². The summed E-state index contributed by atoms with van der Waals surface area (Å²) in [6.45, 7) is 2.75. The number of carbonyl (C=O) groups is 1. The average Bonchev–Trinajstić information content (AvgIpc) is 2.53. The minimum absolute atomic E-state index is 0. The van der Waals surface area contributed by atoms with Crippen molar-refractivity contribution in [1.82, 2.24) is 0 Å². The summed E-state index contributed by atoms with van der Waals surface area (Å²) >= 11 is 6.14. The molecule has 23 heavy (non-hydrogen) atoms. The van der Waals surface area contributed by atoms with Crippen molar-refractivity contribution >= 4 is 31.0 Å². The molecule has 2 rings (SSSR count). The van der Waals surface area contributed by atoms with Gasteiger partial charge in [0, 0.05) is 0 Å². The molecule has 118 valence electrons. The Morgan fingerprint density at radius 2 is 1.91 bits per heavy atom. The normalized spacial score (nSPS) is 10.4. The van der Waals surface area contributed by atoms with Crippen molar-refractivity contribution in [2.45, 2.75) is 13.3 Å². The fourth-order valence-corrected chi connectivity index (χ4v) is 3.25. The molecular weight excluding hydrogens is 326 g/mol. The van der Waals surface area contributed by atoms with Crippen LogP contribution in [0.4, 0.5) is 0 Å². The van der Waals surface area contributed by atoms with E-state index in [9.17, 15) is 4.79 Å². The average molecular weight is 345 g/mol. The maximum Gasteiger partial charge on any atom is 1.00 e. The van der Waals surface area contributed by atoms with Crippen LogP contribution in [-0.4, -0.2) is 19.2 Å². The molecule has 0 aliphatic rings. The van der Waals surface area contributed by atoms with E-state index in [4.69, 9.17) is 21.1 Å². The van der Waals surface area contributed by atoms with Crippen molar-refractivity contribution in [2.75, 3.05) is 13.7 Å². The van der Waals surface area contributed by atoms with Crippen molar-refractivity contribution in [2.24, 2.45) is 0 Å². The van der Waals surface area contributed by atoms with Crippen LogP contribution in [0.3, 0.4) is 0 Å². The third kappa shape index (κ3) is 5.55. The van der Waals surface area contributed by atoms with E-state index in [0.717, 1.165) is 17.5 Å². The molecule has 0 spiro atoms. The zero-order valence-electron chi connectivity index (χ0n) is 14.6. The van der Waals surface area contributed by atoms with E-state index in [1.54, 1.807) is 18.2 Å². The van der Waals surface area contributed by atoms with E-state index >= 15 is 0 Å². The Morgan fingerprint density at radius 3 is 2.52 bits per heavy atom. The van der Waals surface area contributed by atoms with Gasteiger partial charge in [0.25, 0.3) is 0 Å². The second-order valence-electron chi connectivity index (χ2n) is 4.64. The van der Waals surface area contributed by atoms with Gasteiger partial charge < -0.3 is 10.9 Å². The van der Waals surface area contributed by atoms with E-state index in [0.29, 0.717) is 22.9 Å². The predicted molar refractivity (Wildman–Crippen MR) is 93.6 cm³/mol. The molecule has 0 aliphatic carbocycles. The van der Waals surface area contributed by atoms with E-state index in [2.05, 4.69) is 6.92 Å². The smallest absolute Gasteiger partial charge is 1.00 e. The quantitative estimate of drug-likeness (QED) is 0.562. The van der Waals surface area contributed by atoms with Gasteiger partial charge in [0.1, 0.15) is 11.5 Å². The van der Waals surface area contributed by atoms with Gasteiger partial charge in [0.05, 0.1) is 24.3 Å². The van der Waals surface area contributed by atoms with Crippen LogP contribution in [0.2, 0.25) is 5.02 Å². The maximum absolute atomic E-state index is 12.5. The molecule has 0 radical (unpaired) electrons. The van der Waals surface area contributed by atoms with Gasteiger partial charge in [-0.2, -0.15) is 0 Å². The molecule has 0 bridgehead atoms. The zero-order chi connectivity index (χ0) is 15.9. The Labute approximate surface area is 157 Å². The standard InChI is InChI=1S/C17H18ClO3P.Li.H/c1-3-11-21-12-7-9-13(10-8-12)22-17(19)16-14(18)5-4-6-15(16)20-2;;/h4-10,22H,3,11H2,1-2H3;;/q;+1;-1. The van der Waals surface area contributed by atoms with Crippen LogP contribution in [-0.2, 0) is 0 Å². The van der Waals surface area contributed by atoms with Crippen LogP contribution in [0.1, 0.15) is 25.1 Å².